The Labute approximate surface area is 184 Å². The van der Waals surface area contributed by atoms with Crippen LogP contribution in [0.4, 0.5) is 5.69 Å². The Kier molecular flexibility index (Phi) is 8.55. The smallest absolute Gasteiger partial charge is 0.282 e. The van der Waals surface area contributed by atoms with Gasteiger partial charge in [0.05, 0.1) is 13.7 Å². The largest absolute Gasteiger partial charge is 0.497 e. The van der Waals surface area contributed by atoms with Crippen LogP contribution >= 0.6 is 0 Å². The molecule has 3 N–H and O–H groups in total. The summed E-state index contributed by atoms with van der Waals surface area (Å²) in [6.07, 6.45) is 0. The third kappa shape index (κ3) is 6.87. The van der Waals surface area contributed by atoms with Crippen molar-refractivity contribution in [2.24, 2.45) is 0 Å². The van der Waals surface area contributed by atoms with Crippen molar-refractivity contribution in [3.8, 4) is 17.2 Å². The third-order valence-corrected chi connectivity index (χ3v) is 5.82. The number of carbonyl (C=O) groups excluding carboxylic acids is 1. The summed E-state index contributed by atoms with van der Waals surface area (Å²) in [4.78, 5) is 15.5. The molecule has 0 unspecified atom stereocenters. The van der Waals surface area contributed by atoms with Gasteiger partial charge in [-0.1, -0.05) is 0 Å². The summed E-state index contributed by atoms with van der Waals surface area (Å²) in [5.74, 6) is 2.57. The lowest BCUT2D eigenvalue weighted by Gasteiger charge is -2.32. The van der Waals surface area contributed by atoms with Gasteiger partial charge in [0.25, 0.3) is 5.91 Å². The lowest BCUT2D eigenvalue weighted by atomic mass is 10.2. The molecule has 1 aliphatic heterocycles. The van der Waals surface area contributed by atoms with Gasteiger partial charge in [0, 0.05) is 5.69 Å². The zero-order chi connectivity index (χ0) is 22.1. The quantitative estimate of drug-likeness (QED) is 0.508. The minimum absolute atomic E-state index is 0.0606. The molecule has 3 rings (SSSR count). The highest BCUT2D eigenvalue weighted by Crippen LogP contribution is 2.17. The molecule has 1 saturated heterocycles. The Morgan fingerprint density at radius 3 is 2.13 bits per heavy atom. The zero-order valence-electron chi connectivity index (χ0n) is 18.8. The van der Waals surface area contributed by atoms with E-state index in [1.807, 2.05) is 62.4 Å². The first-order valence-electron chi connectivity index (χ1n) is 11.1. The van der Waals surface area contributed by atoms with E-state index in [1.54, 1.807) is 7.11 Å². The molecular weight excluding hydrogens is 394 g/mol. The van der Waals surface area contributed by atoms with Gasteiger partial charge in [-0.2, -0.15) is 0 Å². The number of piperazine rings is 1. The van der Waals surface area contributed by atoms with Crippen molar-refractivity contribution < 1.29 is 28.8 Å². The Hall–Kier alpha value is -2.77. The fourth-order valence-corrected chi connectivity index (χ4v) is 3.83. The number of benzene rings is 2. The molecule has 1 fully saturated rings. The lowest BCUT2D eigenvalue weighted by molar-refractivity contribution is -1.02. The van der Waals surface area contributed by atoms with E-state index in [2.05, 4.69) is 5.32 Å². The van der Waals surface area contributed by atoms with E-state index >= 15 is 0 Å². The summed E-state index contributed by atoms with van der Waals surface area (Å²) in [5.41, 5.74) is 0.805. The number of carbonyl (C=O) groups is 1. The molecule has 2 aromatic carbocycles. The summed E-state index contributed by atoms with van der Waals surface area (Å²) < 4.78 is 16.5. The van der Waals surface area contributed by atoms with Gasteiger partial charge in [-0.05, 0) is 62.4 Å². The summed E-state index contributed by atoms with van der Waals surface area (Å²) in [6, 6.07) is 15.1. The molecule has 1 atom stereocenters. The number of hydrogen-bond donors (Lipinski definition) is 3. The Morgan fingerprint density at radius 2 is 1.52 bits per heavy atom. The predicted octanol–water partition coefficient (Wildman–Crippen LogP) is 0.283. The molecule has 2 aromatic rings. The molecule has 0 saturated carbocycles. The molecule has 0 bridgehead atoms. The summed E-state index contributed by atoms with van der Waals surface area (Å²) in [6.45, 7) is 10.3. The second-order valence-electron chi connectivity index (χ2n) is 7.85. The number of methoxy groups -OCH3 is 1. The monoisotopic (exact) mass is 429 g/mol. The van der Waals surface area contributed by atoms with E-state index in [1.165, 1.54) is 9.80 Å². The number of quaternary nitrogens is 2. The van der Waals surface area contributed by atoms with Gasteiger partial charge in [0.15, 0.2) is 6.04 Å². The first kappa shape index (κ1) is 22.9. The van der Waals surface area contributed by atoms with E-state index < -0.39 is 0 Å². The number of amides is 1. The van der Waals surface area contributed by atoms with Gasteiger partial charge >= 0.3 is 0 Å². The standard InChI is InChI=1S/C24H33N3O4/c1-4-30-22-7-5-20(6-8-22)25-24(28)19(2)27-15-13-26(14-16-27)17-18-31-23-11-9-21(29-3)10-12-23/h5-12,19H,4,13-18H2,1-3H3,(H,25,28)/p+2/t19-/m1/s1. The van der Waals surface area contributed by atoms with Crippen molar-refractivity contribution in [3.63, 3.8) is 0 Å². The average molecular weight is 430 g/mol. The van der Waals surface area contributed by atoms with Crippen LogP contribution in [0.2, 0.25) is 0 Å². The van der Waals surface area contributed by atoms with Crippen LogP contribution in [0.1, 0.15) is 13.8 Å². The molecule has 7 heteroatoms. The maximum Gasteiger partial charge on any atom is 0.282 e. The lowest BCUT2D eigenvalue weighted by Crippen LogP contribution is -3.30. The van der Waals surface area contributed by atoms with E-state index in [4.69, 9.17) is 14.2 Å². The zero-order valence-corrected chi connectivity index (χ0v) is 18.8. The molecule has 0 spiro atoms. The normalized spacial score (nSPS) is 19.3. The maximum absolute atomic E-state index is 12.7. The van der Waals surface area contributed by atoms with Gasteiger partial charge in [-0.15, -0.1) is 0 Å². The number of anilines is 1. The van der Waals surface area contributed by atoms with Gasteiger partial charge in [0.1, 0.15) is 56.6 Å². The van der Waals surface area contributed by atoms with E-state index in [9.17, 15) is 4.79 Å². The molecule has 0 radical (unpaired) electrons. The molecule has 1 amide bonds. The second-order valence-corrected chi connectivity index (χ2v) is 7.85. The summed E-state index contributed by atoms with van der Waals surface area (Å²) in [5, 5.41) is 3.03. The average Bonchev–Trinajstić information content (AvgIpc) is 2.81. The molecule has 168 valence electrons. The number of rotatable bonds is 10. The molecule has 7 nitrogen and oxygen atoms in total. The van der Waals surface area contributed by atoms with Gasteiger partial charge in [0.2, 0.25) is 0 Å². The van der Waals surface area contributed by atoms with Crippen molar-refractivity contribution >= 4 is 11.6 Å². The third-order valence-electron chi connectivity index (χ3n) is 5.82. The summed E-state index contributed by atoms with van der Waals surface area (Å²) in [7, 11) is 1.66. The molecule has 1 heterocycles. The SMILES string of the molecule is CCOc1ccc(NC(=O)[C@@H](C)[NH+]2CC[NH+](CCOc3ccc(OC)cc3)CC2)cc1. The minimum Gasteiger partial charge on any atom is -0.497 e. The van der Waals surface area contributed by atoms with E-state index in [-0.39, 0.29) is 11.9 Å². The van der Waals surface area contributed by atoms with Crippen molar-refractivity contribution in [1.82, 2.24) is 0 Å². The minimum atomic E-state index is -0.0799. The summed E-state index contributed by atoms with van der Waals surface area (Å²) >= 11 is 0. The van der Waals surface area contributed by atoms with Crippen LogP contribution in [0.5, 0.6) is 17.2 Å². The molecule has 0 aliphatic carbocycles. The van der Waals surface area contributed by atoms with Gasteiger partial charge in [-0.25, -0.2) is 0 Å². The highest BCUT2D eigenvalue weighted by atomic mass is 16.5. The molecule has 0 aromatic heterocycles. The Morgan fingerprint density at radius 1 is 0.935 bits per heavy atom. The highest BCUT2D eigenvalue weighted by Gasteiger charge is 2.30. The highest BCUT2D eigenvalue weighted by molar-refractivity contribution is 5.93. The first-order chi connectivity index (χ1) is 15.1. The molecule has 1 aliphatic rings. The van der Waals surface area contributed by atoms with Crippen molar-refractivity contribution in [2.45, 2.75) is 19.9 Å². The predicted molar refractivity (Wildman–Crippen MR) is 120 cm³/mol. The van der Waals surface area contributed by atoms with Crippen LogP contribution < -0.4 is 29.3 Å². The van der Waals surface area contributed by atoms with Crippen molar-refractivity contribution in [2.75, 3.05) is 58.4 Å². The van der Waals surface area contributed by atoms with Crippen LogP contribution in [0.15, 0.2) is 48.5 Å². The van der Waals surface area contributed by atoms with Crippen molar-refractivity contribution in [3.05, 3.63) is 48.5 Å². The Bertz CT molecular complexity index is 803. The van der Waals surface area contributed by atoms with Gasteiger partial charge < -0.3 is 29.3 Å². The number of ether oxygens (including phenoxy) is 3. The number of hydrogen-bond acceptors (Lipinski definition) is 4. The van der Waals surface area contributed by atoms with Crippen LogP contribution in [0.25, 0.3) is 0 Å². The van der Waals surface area contributed by atoms with Gasteiger partial charge in [-0.3, -0.25) is 4.79 Å². The van der Waals surface area contributed by atoms with Crippen LogP contribution in [0.3, 0.4) is 0 Å². The topological polar surface area (TPSA) is 65.7 Å². The maximum atomic E-state index is 12.7. The van der Waals surface area contributed by atoms with E-state index in [0.717, 1.165) is 55.7 Å². The van der Waals surface area contributed by atoms with Crippen LogP contribution in [0, 0.1) is 0 Å². The number of nitrogens with one attached hydrogen (secondary N) is 3. The fourth-order valence-electron chi connectivity index (χ4n) is 3.83. The molecule has 31 heavy (non-hydrogen) atoms. The van der Waals surface area contributed by atoms with Crippen LogP contribution in [-0.4, -0.2) is 65.0 Å². The van der Waals surface area contributed by atoms with Crippen LogP contribution in [-0.2, 0) is 4.79 Å². The Balaban J connectivity index is 1.37. The first-order valence-corrected chi connectivity index (χ1v) is 11.1. The van der Waals surface area contributed by atoms with E-state index in [0.29, 0.717) is 13.2 Å². The fraction of sp³-hybridized carbons (Fsp3) is 0.458. The molecular formula is C24H35N3O4+2. The second kappa shape index (κ2) is 11.6. The van der Waals surface area contributed by atoms with Crippen molar-refractivity contribution in [1.29, 1.82) is 0 Å².